The summed E-state index contributed by atoms with van der Waals surface area (Å²) in [5.74, 6) is 0.420. The monoisotopic (exact) mass is 276 g/mol. The third-order valence-electron chi connectivity index (χ3n) is 3.66. The molecule has 0 bridgehead atoms. The lowest BCUT2D eigenvalue weighted by molar-refractivity contribution is 0.0601. The molecule has 1 N–H and O–H groups in total. The van der Waals surface area contributed by atoms with E-state index >= 15 is 0 Å². The van der Waals surface area contributed by atoms with Crippen molar-refractivity contribution in [3.63, 3.8) is 0 Å². The quantitative estimate of drug-likeness (QED) is 0.857. The number of ether oxygens (including phenoxy) is 1. The Balaban J connectivity index is 2.01. The molecular weight excluding hydrogens is 252 g/mol. The second-order valence-corrected chi connectivity index (χ2v) is 5.77. The zero-order chi connectivity index (χ0) is 14.5. The van der Waals surface area contributed by atoms with Gasteiger partial charge in [0.25, 0.3) is 0 Å². The number of esters is 1. The minimum Gasteiger partial charge on any atom is -0.465 e. The fourth-order valence-electron chi connectivity index (χ4n) is 2.71. The Morgan fingerprint density at radius 1 is 1.40 bits per heavy atom. The molecule has 0 saturated carbocycles. The number of hydrogen-bond acceptors (Lipinski definition) is 4. The molecule has 20 heavy (non-hydrogen) atoms. The van der Waals surface area contributed by atoms with E-state index in [0.29, 0.717) is 17.5 Å². The molecule has 1 saturated heterocycles. The first-order valence-electron chi connectivity index (χ1n) is 7.27. The van der Waals surface area contributed by atoms with Gasteiger partial charge in [-0.25, -0.2) is 4.79 Å². The molecular formula is C16H24N2O2. The molecule has 1 atom stereocenters. The van der Waals surface area contributed by atoms with Crippen LogP contribution in [0.4, 0.5) is 5.69 Å². The van der Waals surface area contributed by atoms with Crippen LogP contribution in [-0.2, 0) is 4.74 Å². The van der Waals surface area contributed by atoms with Crippen molar-refractivity contribution < 1.29 is 9.53 Å². The van der Waals surface area contributed by atoms with E-state index in [1.807, 2.05) is 24.3 Å². The molecule has 0 spiro atoms. The molecule has 0 aliphatic carbocycles. The molecule has 1 fully saturated rings. The highest BCUT2D eigenvalue weighted by molar-refractivity contribution is 5.89. The van der Waals surface area contributed by atoms with Crippen molar-refractivity contribution in [1.82, 2.24) is 5.32 Å². The van der Waals surface area contributed by atoms with Crippen molar-refractivity contribution >= 4 is 11.7 Å². The van der Waals surface area contributed by atoms with Gasteiger partial charge in [-0.1, -0.05) is 13.8 Å². The maximum absolute atomic E-state index is 11.4. The van der Waals surface area contributed by atoms with Gasteiger partial charge in [0.15, 0.2) is 0 Å². The molecule has 1 aromatic rings. The smallest absolute Gasteiger partial charge is 0.337 e. The predicted octanol–water partition coefficient (Wildman–Crippen LogP) is 2.30. The van der Waals surface area contributed by atoms with Crippen LogP contribution >= 0.6 is 0 Å². The van der Waals surface area contributed by atoms with E-state index in [4.69, 9.17) is 4.74 Å². The van der Waals surface area contributed by atoms with Crippen LogP contribution in [-0.4, -0.2) is 38.8 Å². The number of carbonyl (C=O) groups is 1. The highest BCUT2D eigenvalue weighted by atomic mass is 16.5. The van der Waals surface area contributed by atoms with Gasteiger partial charge in [-0.2, -0.15) is 0 Å². The van der Waals surface area contributed by atoms with Crippen molar-refractivity contribution in [3.8, 4) is 0 Å². The van der Waals surface area contributed by atoms with Crippen LogP contribution in [0.25, 0.3) is 0 Å². The van der Waals surface area contributed by atoms with Gasteiger partial charge in [-0.15, -0.1) is 0 Å². The van der Waals surface area contributed by atoms with E-state index in [2.05, 4.69) is 24.1 Å². The Kier molecular flexibility index (Phi) is 5.01. The maximum Gasteiger partial charge on any atom is 0.337 e. The number of anilines is 1. The zero-order valence-electron chi connectivity index (χ0n) is 12.6. The average Bonchev–Trinajstić information content (AvgIpc) is 2.46. The Hall–Kier alpha value is -1.55. The second-order valence-electron chi connectivity index (χ2n) is 5.77. The minimum absolute atomic E-state index is 0.283. The first kappa shape index (κ1) is 14.9. The SMILES string of the molecule is COC(=O)c1ccc(N2CCN[C@@H](CC(C)C)C2)cc1. The van der Waals surface area contributed by atoms with E-state index in [9.17, 15) is 4.79 Å². The van der Waals surface area contributed by atoms with Gasteiger partial charge >= 0.3 is 5.97 Å². The summed E-state index contributed by atoms with van der Waals surface area (Å²) in [6.45, 7) is 7.55. The van der Waals surface area contributed by atoms with Crippen molar-refractivity contribution in [2.75, 3.05) is 31.6 Å². The van der Waals surface area contributed by atoms with Crippen LogP contribution < -0.4 is 10.2 Å². The van der Waals surface area contributed by atoms with Gasteiger partial charge in [0.05, 0.1) is 12.7 Å². The first-order chi connectivity index (χ1) is 9.60. The van der Waals surface area contributed by atoms with E-state index in [1.54, 1.807) is 0 Å². The Bertz CT molecular complexity index is 442. The van der Waals surface area contributed by atoms with Gasteiger partial charge in [-0.3, -0.25) is 0 Å². The molecule has 4 heteroatoms. The molecule has 1 aliphatic heterocycles. The fourth-order valence-corrected chi connectivity index (χ4v) is 2.71. The molecule has 0 unspecified atom stereocenters. The molecule has 0 aromatic heterocycles. The Labute approximate surface area is 121 Å². The average molecular weight is 276 g/mol. The highest BCUT2D eigenvalue weighted by Gasteiger charge is 2.20. The number of piperazine rings is 1. The van der Waals surface area contributed by atoms with Crippen LogP contribution in [0, 0.1) is 5.92 Å². The molecule has 110 valence electrons. The molecule has 1 aliphatic rings. The van der Waals surface area contributed by atoms with Gasteiger partial charge in [-0.05, 0) is 36.6 Å². The van der Waals surface area contributed by atoms with Crippen molar-refractivity contribution in [1.29, 1.82) is 0 Å². The number of rotatable bonds is 4. The number of carbonyl (C=O) groups excluding carboxylic acids is 1. The van der Waals surface area contributed by atoms with Gasteiger partial charge in [0.2, 0.25) is 0 Å². The molecule has 2 rings (SSSR count). The summed E-state index contributed by atoms with van der Waals surface area (Å²) in [5, 5.41) is 3.57. The summed E-state index contributed by atoms with van der Waals surface area (Å²) in [6.07, 6.45) is 1.19. The molecule has 4 nitrogen and oxygen atoms in total. The Morgan fingerprint density at radius 3 is 2.70 bits per heavy atom. The normalized spacial score (nSPS) is 19.2. The van der Waals surface area contributed by atoms with E-state index < -0.39 is 0 Å². The van der Waals surface area contributed by atoms with Crippen LogP contribution in [0.3, 0.4) is 0 Å². The summed E-state index contributed by atoms with van der Waals surface area (Å²) in [5.41, 5.74) is 1.78. The number of hydrogen-bond donors (Lipinski definition) is 1. The summed E-state index contributed by atoms with van der Waals surface area (Å²) >= 11 is 0. The van der Waals surface area contributed by atoms with Crippen LogP contribution in [0.5, 0.6) is 0 Å². The largest absolute Gasteiger partial charge is 0.465 e. The standard InChI is InChI=1S/C16H24N2O2/c1-12(2)10-14-11-18(9-8-17-14)15-6-4-13(5-7-15)16(19)20-3/h4-7,12,14,17H,8-11H2,1-3H3/t14-/m0/s1. The summed E-state index contributed by atoms with van der Waals surface area (Å²) in [7, 11) is 1.41. The summed E-state index contributed by atoms with van der Waals surface area (Å²) in [6, 6.07) is 8.22. The maximum atomic E-state index is 11.4. The fraction of sp³-hybridized carbons (Fsp3) is 0.562. The van der Waals surface area contributed by atoms with Crippen LogP contribution in [0.1, 0.15) is 30.6 Å². The van der Waals surface area contributed by atoms with Crippen molar-refractivity contribution in [3.05, 3.63) is 29.8 Å². The van der Waals surface area contributed by atoms with Crippen LogP contribution in [0.2, 0.25) is 0 Å². The van der Waals surface area contributed by atoms with E-state index in [0.717, 1.165) is 19.6 Å². The predicted molar refractivity (Wildman–Crippen MR) is 81.2 cm³/mol. The molecule has 0 radical (unpaired) electrons. The summed E-state index contributed by atoms with van der Waals surface area (Å²) < 4.78 is 4.72. The van der Waals surface area contributed by atoms with Crippen molar-refractivity contribution in [2.24, 2.45) is 5.92 Å². The lowest BCUT2D eigenvalue weighted by Gasteiger charge is -2.36. The second kappa shape index (κ2) is 6.75. The number of nitrogens with zero attached hydrogens (tertiary/aromatic N) is 1. The molecule has 1 aromatic carbocycles. The lowest BCUT2D eigenvalue weighted by atomic mass is 10.0. The topological polar surface area (TPSA) is 41.6 Å². The van der Waals surface area contributed by atoms with E-state index in [-0.39, 0.29) is 5.97 Å². The summed E-state index contributed by atoms with van der Waals surface area (Å²) in [4.78, 5) is 13.8. The molecule has 0 amide bonds. The van der Waals surface area contributed by atoms with Gasteiger partial charge in [0.1, 0.15) is 0 Å². The lowest BCUT2D eigenvalue weighted by Crippen LogP contribution is -2.51. The minimum atomic E-state index is -0.283. The highest BCUT2D eigenvalue weighted by Crippen LogP contribution is 2.19. The van der Waals surface area contributed by atoms with Gasteiger partial charge in [0, 0.05) is 31.4 Å². The van der Waals surface area contributed by atoms with E-state index in [1.165, 1.54) is 19.2 Å². The first-order valence-corrected chi connectivity index (χ1v) is 7.27. The third kappa shape index (κ3) is 3.73. The number of methoxy groups -OCH3 is 1. The Morgan fingerprint density at radius 2 is 2.10 bits per heavy atom. The molecule has 1 heterocycles. The van der Waals surface area contributed by atoms with Crippen LogP contribution in [0.15, 0.2) is 24.3 Å². The zero-order valence-corrected chi connectivity index (χ0v) is 12.6. The third-order valence-corrected chi connectivity index (χ3v) is 3.66. The number of benzene rings is 1. The number of nitrogens with one attached hydrogen (secondary N) is 1. The van der Waals surface area contributed by atoms with Gasteiger partial charge < -0.3 is 15.0 Å². The van der Waals surface area contributed by atoms with Crippen molar-refractivity contribution in [2.45, 2.75) is 26.3 Å².